The minimum absolute atomic E-state index is 0.0357. The first-order valence-electron chi connectivity index (χ1n) is 6.45. The molecule has 0 saturated heterocycles. The summed E-state index contributed by atoms with van der Waals surface area (Å²) in [7, 11) is 0. The number of aryl methyl sites for hydroxylation is 1. The average molecular weight is 306 g/mol. The highest BCUT2D eigenvalue weighted by molar-refractivity contribution is 6.30. The van der Waals surface area contributed by atoms with Gasteiger partial charge in [0.05, 0.1) is 5.56 Å². The molecule has 0 N–H and O–H groups in total. The highest BCUT2D eigenvalue weighted by atomic mass is 35.5. The fourth-order valence-electron chi connectivity index (χ4n) is 1.71. The third-order valence-corrected chi connectivity index (χ3v) is 3.21. The van der Waals surface area contributed by atoms with Crippen molar-refractivity contribution in [2.75, 3.05) is 0 Å². The van der Waals surface area contributed by atoms with E-state index in [9.17, 15) is 4.39 Å². The van der Waals surface area contributed by atoms with E-state index in [1.807, 2.05) is 6.92 Å². The molecule has 108 valence electrons. The predicted octanol–water partition coefficient (Wildman–Crippen LogP) is 4.19. The summed E-state index contributed by atoms with van der Waals surface area (Å²) in [5.41, 5.74) is 0.549. The Morgan fingerprint density at radius 2 is 2.14 bits per heavy atom. The molecule has 1 heterocycles. The Bertz CT molecular complexity index is 713. The third-order valence-electron chi connectivity index (χ3n) is 2.84. The van der Waals surface area contributed by atoms with Crippen LogP contribution in [-0.2, 0) is 6.42 Å². The molecule has 0 aliphatic carbocycles. The summed E-state index contributed by atoms with van der Waals surface area (Å²) < 4.78 is 19.1. The second-order valence-corrected chi connectivity index (χ2v) is 4.82. The highest BCUT2D eigenvalue weighted by Gasteiger charge is 2.12. The van der Waals surface area contributed by atoms with Crippen LogP contribution in [0.15, 0.2) is 18.2 Å². The highest BCUT2D eigenvalue weighted by Crippen LogP contribution is 2.28. The van der Waals surface area contributed by atoms with E-state index in [0.717, 1.165) is 12.5 Å². The predicted molar refractivity (Wildman–Crippen MR) is 77.0 cm³/mol. The minimum atomic E-state index is -0.637. The first-order valence-corrected chi connectivity index (χ1v) is 6.83. The van der Waals surface area contributed by atoms with Crippen LogP contribution in [0.1, 0.15) is 30.3 Å². The zero-order valence-electron chi connectivity index (χ0n) is 11.7. The molecule has 1 aromatic heterocycles. The molecule has 1 aromatic carbocycles. The Labute approximate surface area is 127 Å². The van der Waals surface area contributed by atoms with E-state index in [4.69, 9.17) is 21.6 Å². The number of hydrogen-bond donors (Lipinski definition) is 0. The van der Waals surface area contributed by atoms with Gasteiger partial charge in [0, 0.05) is 18.1 Å². The van der Waals surface area contributed by atoms with Crippen molar-refractivity contribution < 1.29 is 9.13 Å². The molecular weight excluding hydrogens is 293 g/mol. The van der Waals surface area contributed by atoms with Crippen LogP contribution < -0.4 is 4.74 Å². The van der Waals surface area contributed by atoms with Crippen LogP contribution in [0.5, 0.6) is 11.6 Å². The largest absolute Gasteiger partial charge is 0.438 e. The zero-order valence-corrected chi connectivity index (χ0v) is 12.4. The van der Waals surface area contributed by atoms with Gasteiger partial charge in [0.15, 0.2) is 0 Å². The Morgan fingerprint density at radius 3 is 2.76 bits per heavy atom. The van der Waals surface area contributed by atoms with Gasteiger partial charge in [-0.1, -0.05) is 18.5 Å². The summed E-state index contributed by atoms with van der Waals surface area (Å²) in [5, 5.41) is 9.02. The molecule has 0 spiro atoms. The van der Waals surface area contributed by atoms with E-state index in [1.165, 1.54) is 12.1 Å². The Kier molecular flexibility index (Phi) is 4.71. The summed E-state index contributed by atoms with van der Waals surface area (Å²) in [6, 6.07) is 5.77. The fraction of sp³-hybridized carbons (Fsp3) is 0.267. The molecule has 0 amide bonds. The molecule has 21 heavy (non-hydrogen) atoms. The third kappa shape index (κ3) is 3.47. The van der Waals surface area contributed by atoms with Crippen molar-refractivity contribution in [3.63, 3.8) is 0 Å². The quantitative estimate of drug-likeness (QED) is 0.795. The Balaban J connectivity index is 2.35. The van der Waals surface area contributed by atoms with Crippen LogP contribution in [0.4, 0.5) is 4.39 Å². The monoisotopic (exact) mass is 305 g/mol. The molecular formula is C15H13ClFN3O. The maximum Gasteiger partial charge on any atom is 0.226 e. The number of halogens is 2. The molecule has 0 aliphatic heterocycles. The van der Waals surface area contributed by atoms with Crippen molar-refractivity contribution in [1.82, 2.24) is 9.97 Å². The maximum atomic E-state index is 13.6. The molecule has 0 aliphatic rings. The van der Waals surface area contributed by atoms with E-state index in [-0.39, 0.29) is 11.3 Å². The smallest absolute Gasteiger partial charge is 0.226 e. The van der Waals surface area contributed by atoms with Crippen molar-refractivity contribution in [1.29, 1.82) is 5.26 Å². The normalized spacial score (nSPS) is 10.2. The van der Waals surface area contributed by atoms with Crippen molar-refractivity contribution in [3.05, 3.63) is 46.1 Å². The van der Waals surface area contributed by atoms with E-state index < -0.39 is 5.82 Å². The summed E-state index contributed by atoms with van der Waals surface area (Å²) in [5.74, 6) is 0.494. The molecule has 6 heteroatoms. The first kappa shape index (κ1) is 15.2. The lowest BCUT2D eigenvalue weighted by Crippen LogP contribution is -2.01. The summed E-state index contributed by atoms with van der Waals surface area (Å²) in [6.45, 7) is 3.74. The number of hydrogen-bond acceptors (Lipinski definition) is 4. The molecule has 0 radical (unpaired) electrons. The van der Waals surface area contributed by atoms with Gasteiger partial charge in [-0.25, -0.2) is 9.37 Å². The lowest BCUT2D eigenvalue weighted by molar-refractivity contribution is 0.449. The van der Waals surface area contributed by atoms with Crippen LogP contribution >= 0.6 is 11.6 Å². The SMILES string of the molecule is CCCc1nc(Cl)c(C)c(Oc2ccc(C#N)c(F)c2)n1. The van der Waals surface area contributed by atoms with Crippen molar-refractivity contribution in [2.45, 2.75) is 26.7 Å². The number of nitriles is 1. The fourth-order valence-corrected chi connectivity index (χ4v) is 1.89. The van der Waals surface area contributed by atoms with Crippen LogP contribution in [0, 0.1) is 24.1 Å². The summed E-state index contributed by atoms with van der Waals surface area (Å²) in [6.07, 6.45) is 1.56. The van der Waals surface area contributed by atoms with Gasteiger partial charge in [0.2, 0.25) is 5.88 Å². The molecule has 0 saturated carbocycles. The van der Waals surface area contributed by atoms with E-state index in [2.05, 4.69) is 9.97 Å². The molecule has 4 nitrogen and oxygen atoms in total. The van der Waals surface area contributed by atoms with Crippen LogP contribution in [0.3, 0.4) is 0 Å². The molecule has 2 rings (SSSR count). The van der Waals surface area contributed by atoms with Gasteiger partial charge in [-0.2, -0.15) is 10.2 Å². The average Bonchev–Trinajstić information content (AvgIpc) is 2.45. The van der Waals surface area contributed by atoms with E-state index in [1.54, 1.807) is 13.0 Å². The summed E-state index contributed by atoms with van der Waals surface area (Å²) in [4.78, 5) is 8.45. The topological polar surface area (TPSA) is 58.8 Å². The van der Waals surface area contributed by atoms with Crippen molar-refractivity contribution >= 4 is 11.6 Å². The van der Waals surface area contributed by atoms with Crippen molar-refractivity contribution in [3.8, 4) is 17.7 Å². The molecule has 0 unspecified atom stereocenters. The lowest BCUT2D eigenvalue weighted by atomic mass is 10.2. The van der Waals surface area contributed by atoms with Gasteiger partial charge in [0.25, 0.3) is 0 Å². The molecule has 0 bridgehead atoms. The van der Waals surface area contributed by atoms with Gasteiger partial charge >= 0.3 is 0 Å². The van der Waals surface area contributed by atoms with Gasteiger partial charge in [0.1, 0.15) is 28.6 Å². The molecule has 0 atom stereocenters. The standard InChI is InChI=1S/C15H13ClFN3O/c1-3-4-13-19-14(16)9(2)15(20-13)21-11-6-5-10(8-18)12(17)7-11/h5-7H,3-4H2,1-2H3. The van der Waals surface area contributed by atoms with Gasteiger partial charge in [-0.3, -0.25) is 0 Å². The second-order valence-electron chi connectivity index (χ2n) is 4.47. The number of rotatable bonds is 4. The number of nitrogens with zero attached hydrogens (tertiary/aromatic N) is 3. The number of ether oxygens (including phenoxy) is 1. The number of aromatic nitrogens is 2. The van der Waals surface area contributed by atoms with E-state index in [0.29, 0.717) is 28.8 Å². The van der Waals surface area contributed by atoms with Gasteiger partial charge < -0.3 is 4.74 Å². The van der Waals surface area contributed by atoms with E-state index >= 15 is 0 Å². The first-order chi connectivity index (χ1) is 10.0. The van der Waals surface area contributed by atoms with Gasteiger partial charge in [-0.15, -0.1) is 0 Å². The molecule has 0 fully saturated rings. The van der Waals surface area contributed by atoms with Crippen LogP contribution in [0.25, 0.3) is 0 Å². The second kappa shape index (κ2) is 6.51. The van der Waals surface area contributed by atoms with Crippen LogP contribution in [-0.4, -0.2) is 9.97 Å². The lowest BCUT2D eigenvalue weighted by Gasteiger charge is -2.10. The Morgan fingerprint density at radius 1 is 1.38 bits per heavy atom. The summed E-state index contributed by atoms with van der Waals surface area (Å²) >= 11 is 6.05. The number of benzene rings is 1. The minimum Gasteiger partial charge on any atom is -0.438 e. The molecule has 2 aromatic rings. The van der Waals surface area contributed by atoms with Gasteiger partial charge in [-0.05, 0) is 25.5 Å². The Hall–Kier alpha value is -2.19. The van der Waals surface area contributed by atoms with Crippen LogP contribution in [0.2, 0.25) is 5.15 Å². The maximum absolute atomic E-state index is 13.6. The zero-order chi connectivity index (χ0) is 15.4. The van der Waals surface area contributed by atoms with Crippen molar-refractivity contribution in [2.24, 2.45) is 0 Å².